The smallest absolute Gasteiger partial charge is 0.387 e. The quantitative estimate of drug-likeness (QED) is 0.0190. The van der Waals surface area contributed by atoms with Gasteiger partial charge in [0.2, 0.25) is 0 Å². The van der Waals surface area contributed by atoms with Crippen molar-refractivity contribution in [1.82, 2.24) is 54.6 Å². The number of hydrogen-bond acceptors (Lipinski definition) is 50. The van der Waals surface area contributed by atoms with Crippen LogP contribution in [0.4, 0.5) is 29.2 Å². The number of rotatable bonds is 36. The number of anilines is 2. The summed E-state index contributed by atoms with van der Waals surface area (Å²) in [5.74, 6) is -1.64. The van der Waals surface area contributed by atoms with Crippen molar-refractivity contribution in [1.29, 1.82) is 0 Å². The van der Waals surface area contributed by atoms with Crippen LogP contribution in [0.15, 0.2) is 55.3 Å². The molecule has 4 saturated heterocycles. The van der Waals surface area contributed by atoms with E-state index in [9.17, 15) is 167 Å². The highest BCUT2D eigenvalue weighted by molar-refractivity contribution is 7.68. The molecule has 3 aromatic rings. The van der Waals surface area contributed by atoms with E-state index in [-0.39, 0.29) is 22.1 Å². The first-order chi connectivity index (χ1) is 58.3. The van der Waals surface area contributed by atoms with Gasteiger partial charge in [0, 0.05) is 0 Å². The fraction of sp³-hybridized carbons (Fsp3) is 0.698. The van der Waals surface area contributed by atoms with E-state index in [1.54, 1.807) is 4.98 Å². The molecule has 1 amide bonds. The number of alkyl halides is 4. The fourth-order valence-corrected chi connectivity index (χ4v) is 24.2. The van der Waals surface area contributed by atoms with Gasteiger partial charge in [-0.2, -0.15) is 78.9 Å². The molecule has 26 atom stereocenters. The Hall–Kier alpha value is -4.61. The average molecular weight is 2150 g/mol. The Morgan fingerprint density at radius 1 is 0.446 bits per heavy atom. The molecule has 0 aromatic carbocycles. The lowest BCUT2D eigenvalue weighted by Gasteiger charge is -2.36. The Kier molecular flexibility index (Phi) is 37.1. The molecule has 130 heavy (non-hydrogen) atoms. The minimum absolute atomic E-state index is 0.266. The highest BCUT2D eigenvalue weighted by Crippen LogP contribution is 2.71. The van der Waals surface area contributed by atoms with Crippen LogP contribution in [0, 0.1) is 0 Å². The van der Waals surface area contributed by atoms with Gasteiger partial charge in [0.15, 0.2) is 47.3 Å². The van der Waals surface area contributed by atoms with Crippen LogP contribution >= 0.6 is 93.9 Å². The summed E-state index contributed by atoms with van der Waals surface area (Å²) >= 11 is 0. The summed E-state index contributed by atoms with van der Waals surface area (Å²) in [5.41, 5.74) is -9.90. The molecule has 0 aliphatic carbocycles. The summed E-state index contributed by atoms with van der Waals surface area (Å²) in [6, 6.07) is 0. The predicted octanol–water partition coefficient (Wildman–Crippen LogP) is -7.38. The number of nitrogens with one attached hydrogen (secondary N) is 2. The van der Waals surface area contributed by atoms with Crippen LogP contribution in [-0.2, 0) is 131 Å². The number of carbonyl (C=O) groups excluding carboxylic acids is 1. The summed E-state index contributed by atoms with van der Waals surface area (Å²) in [6.07, 6.45) is -25.2. The summed E-state index contributed by atoms with van der Waals surface area (Å²) in [5, 5.41) is 101. The molecule has 87 heteroatoms. The van der Waals surface area contributed by atoms with Gasteiger partial charge in [0.05, 0.1) is 24.6 Å². The van der Waals surface area contributed by atoms with Crippen LogP contribution in [0.2, 0.25) is 0 Å². The van der Waals surface area contributed by atoms with Crippen LogP contribution in [-0.4, -0.2) is 308 Å². The third-order valence-electron chi connectivity index (χ3n) is 16.1. The van der Waals surface area contributed by atoms with Gasteiger partial charge >= 0.3 is 111 Å². The molecule has 5 aliphatic rings. The zero-order valence-corrected chi connectivity index (χ0v) is 75.4. The number of H-pyrrole nitrogens is 1. The highest BCUT2D eigenvalue weighted by Gasteiger charge is 2.67. The van der Waals surface area contributed by atoms with E-state index in [2.05, 4.69) is 90.3 Å². The molecule has 0 saturated carbocycles. The molecule has 4 fully saturated rings. The first-order valence-electron chi connectivity index (χ1n) is 33.0. The lowest BCUT2D eigenvalue weighted by Crippen LogP contribution is -2.58. The molecular formula is C43H76F4N14O57P12. The second kappa shape index (κ2) is 41.6. The van der Waals surface area contributed by atoms with E-state index in [0.29, 0.717) is 20.6 Å². The third-order valence-corrected chi connectivity index (χ3v) is 32.0. The maximum absolute atomic E-state index is 13.8. The second-order valence-electron chi connectivity index (χ2n) is 27.1. The number of aliphatic hydroxyl groups excluding tert-OH is 4. The minimum atomic E-state index is -5.86. The number of ether oxygens (including phenoxy) is 4. The van der Waals surface area contributed by atoms with Crippen LogP contribution < -0.4 is 39.4 Å². The van der Waals surface area contributed by atoms with E-state index >= 15 is 0 Å². The van der Waals surface area contributed by atoms with Crippen LogP contribution in [0.5, 0.6) is 0 Å². The number of hydrazone groups is 1. The predicted molar refractivity (Wildman–Crippen MR) is 393 cm³/mol. The van der Waals surface area contributed by atoms with Crippen molar-refractivity contribution in [3.63, 3.8) is 0 Å². The molecule has 748 valence electrons. The van der Waals surface area contributed by atoms with E-state index in [1.807, 2.05) is 0 Å². The van der Waals surface area contributed by atoms with Crippen LogP contribution in [0.25, 0.3) is 0 Å². The summed E-state index contributed by atoms with van der Waals surface area (Å²) in [4.78, 5) is 210. The standard InChI is InChI=1S/C12H21FN3O14P3.C11H20FN4O14P3.C10H18FN4O14P3.C10H17FN3O15P3/c1-6-15-7(17)4-14-16(6)10-12(19,5-13)8(18)9(27-10)11(2,3)28-32(23,24)30-33(25,26)29-31(20,21)22;1-10(2,28-32(23,24)30-33(25,26)29-31(20,21)22)7-6(17)11(19,4-12)8(27-7)16-9(18)15-5(13)3-14-16;1-4(27-31(22,23)29-32(24,25)28-30(19,20)21)6-7(16)10(18,3-11)8(26-6)15-9(17)14-5(12)2-13-15;1-4(27-31(22,23)29-32(24,25)28-30(19,20)21)6-7(16)10(18,3-11)8(26-6)14-9(17)13-5(15)2-12-14/h4,8-10,18-19H,1,5H2,2-3H3,(H,15,17)(H,23,24)(H,25,26)(H2,20,21,22);3,6-8,17,19H,4H2,1-2H3,(H,23,24)(H,25,26)(H2,13,15,18)(H2,20,21,22);2,4,6-8,16,18H,3H2,1H3,(H,22,23)(H,24,25)(H2,12,14,17)(H2,19,20,21);2,4,6-8,16,18H,3H2,1H3,(H,22,23)(H,24,25)(H,13,15,17)(H2,19,20,21)/t8-,9-,10+,12?;6-,7-,8+,11?;2*4-,6-,7+,8-,10?/m0011/s1. The first kappa shape index (κ1) is 116. The van der Waals surface area contributed by atoms with Gasteiger partial charge in [-0.3, -0.25) is 32.7 Å². The van der Waals surface area contributed by atoms with E-state index in [0.717, 1.165) is 60.2 Å². The van der Waals surface area contributed by atoms with Crippen LogP contribution in [0.3, 0.4) is 0 Å². The van der Waals surface area contributed by atoms with E-state index in [4.69, 9.17) is 83.9 Å². The van der Waals surface area contributed by atoms with Crippen molar-refractivity contribution in [2.75, 3.05) is 38.2 Å². The number of amides is 1. The number of nitrogens with two attached hydrogens (primary N) is 2. The lowest BCUT2D eigenvalue weighted by molar-refractivity contribution is -0.153. The molecule has 8 heterocycles. The Labute approximate surface area is 715 Å². The van der Waals surface area contributed by atoms with Gasteiger partial charge in [-0.05, 0) is 41.5 Å². The van der Waals surface area contributed by atoms with Gasteiger partial charge in [-0.1, -0.05) is 6.58 Å². The van der Waals surface area contributed by atoms with Gasteiger partial charge in [0.25, 0.3) is 11.5 Å². The number of aromatic amines is 1. The highest BCUT2D eigenvalue weighted by atomic mass is 31.3. The van der Waals surface area contributed by atoms with Gasteiger partial charge in [0.1, 0.15) is 117 Å². The Morgan fingerprint density at radius 2 is 0.731 bits per heavy atom. The Bertz CT molecular complexity index is 5550. The number of hydrogen-bond donors (Lipinski definition) is 28. The first-order valence-corrected chi connectivity index (χ1v) is 51.1. The molecule has 0 bridgehead atoms. The van der Waals surface area contributed by atoms with Gasteiger partial charge in [-0.25, -0.2) is 91.7 Å². The van der Waals surface area contributed by atoms with Crippen molar-refractivity contribution in [2.45, 2.75) is 161 Å². The van der Waals surface area contributed by atoms with E-state index < -0.39 is 269 Å². The number of phosphoric acid groups is 12. The van der Waals surface area contributed by atoms with Gasteiger partial charge in [-0.15, -0.1) is 0 Å². The molecule has 5 aliphatic heterocycles. The SMILES string of the molecule is C=C1NC(=O)C=NN1[C@@H]1O[C@H](C(C)(C)OP(=O)(O)OP(=O)(O)OP(=O)(O)O)[C@H](O)C1(O)CF.CC(C)(OP(=O)(O)OP(=O)(O)OP(=O)(O)O)[C@H]1O[C@@H](n2ncc(N)nc2=O)C(O)(CF)[C@H]1O.C[C@@H](OP(=O)(O)OP(=O)(O)OP(=O)(O)O)[C@H]1O[C@@H](n2ncc(=O)[nH]c2=O)C(O)(CF)[C@H]1O.C[C@@H](OP(=O)(O)OP(=O)(O)OP(=O)(O)O)[C@H]1O[C@@H](n2ncc(N)nc2=O)C(O)(CF)[C@H]1O. The molecule has 3 aromatic heterocycles. The second-order valence-corrected chi connectivity index (χ2v) is 44.5. The molecule has 0 radical (unpaired) electrons. The van der Waals surface area contributed by atoms with Crippen molar-refractivity contribution >= 4 is 118 Å². The molecule has 30 N–H and O–H groups in total. The van der Waals surface area contributed by atoms with Crippen molar-refractivity contribution in [2.24, 2.45) is 5.10 Å². The zero-order chi connectivity index (χ0) is 101. The third kappa shape index (κ3) is 30.7. The molecular weight excluding hydrogens is 2070 g/mol. The van der Waals surface area contributed by atoms with Crippen molar-refractivity contribution in [3.05, 3.63) is 72.8 Å². The number of halogens is 4. The molecule has 71 nitrogen and oxygen atoms in total. The fourth-order valence-electron chi connectivity index (χ4n) is 11.1. The molecule has 8 rings (SSSR count). The Balaban J connectivity index is 0.000000307. The maximum Gasteiger partial charge on any atom is 0.490 e. The topological polar surface area (TPSA) is 1100 Å². The van der Waals surface area contributed by atoms with E-state index in [1.165, 1.54) is 0 Å². The zero-order valence-electron chi connectivity index (χ0n) is 64.6. The normalized spacial score (nSPS) is 31.1. The summed E-state index contributed by atoms with van der Waals surface area (Å²) < 4.78 is 260. The number of carbonyl (C=O) groups is 1. The largest absolute Gasteiger partial charge is 0.490 e. The van der Waals surface area contributed by atoms with Crippen molar-refractivity contribution in [3.8, 4) is 0 Å². The van der Waals surface area contributed by atoms with Crippen LogP contribution in [0.1, 0.15) is 60.2 Å². The number of nitrogens with zero attached hydrogens (tertiary/aromatic N) is 10. The van der Waals surface area contributed by atoms with Gasteiger partial charge < -0.3 is 155 Å². The maximum atomic E-state index is 13.8. The number of nitrogen functional groups attached to an aromatic ring is 2. The molecule has 0 spiro atoms. The monoisotopic (exact) mass is 2150 g/mol. The Morgan fingerprint density at radius 3 is 1.03 bits per heavy atom. The van der Waals surface area contributed by atoms with Crippen molar-refractivity contribution < 1.29 is 268 Å². The molecule has 12 unspecified atom stereocenters. The average Bonchev–Trinajstić information content (AvgIpc) is 1.20. The number of aliphatic hydroxyl groups is 8. The summed E-state index contributed by atoms with van der Waals surface area (Å²) in [7, 11) is -68.7. The lowest BCUT2D eigenvalue weighted by atomic mass is 9.88. The summed E-state index contributed by atoms with van der Waals surface area (Å²) in [6.45, 7) is 2.20. The number of aromatic nitrogens is 9. The number of phosphoric ester groups is 4. The minimum Gasteiger partial charge on any atom is -0.387 e.